The smallest absolute Gasteiger partial charge is 0.132 e. The molecule has 0 saturated carbocycles. The summed E-state index contributed by atoms with van der Waals surface area (Å²) in [6, 6.07) is 14.3. The van der Waals surface area contributed by atoms with Crippen molar-refractivity contribution in [2.45, 2.75) is 35.6 Å². The van der Waals surface area contributed by atoms with Crippen LogP contribution in [0.3, 0.4) is 0 Å². The maximum absolute atomic E-state index is 6.37. The van der Waals surface area contributed by atoms with Crippen LogP contribution in [0.5, 0.6) is 5.75 Å². The van der Waals surface area contributed by atoms with Crippen molar-refractivity contribution >= 4 is 23.4 Å². The van der Waals surface area contributed by atoms with E-state index in [9.17, 15) is 0 Å². The summed E-state index contributed by atoms with van der Waals surface area (Å²) < 4.78 is 5.37. The van der Waals surface area contributed by atoms with Gasteiger partial charge in [-0.15, -0.1) is 0 Å². The van der Waals surface area contributed by atoms with Crippen LogP contribution >= 0.6 is 23.4 Å². The van der Waals surface area contributed by atoms with Crippen LogP contribution in [-0.2, 0) is 6.42 Å². The minimum Gasteiger partial charge on any atom is -0.496 e. The minimum atomic E-state index is 0.162. The van der Waals surface area contributed by atoms with Gasteiger partial charge in [-0.05, 0) is 42.7 Å². The molecule has 0 aliphatic carbocycles. The van der Waals surface area contributed by atoms with E-state index in [1.54, 1.807) is 18.9 Å². The van der Waals surface area contributed by atoms with Crippen LogP contribution in [0.15, 0.2) is 52.3 Å². The van der Waals surface area contributed by atoms with Gasteiger partial charge in [0.25, 0.3) is 0 Å². The zero-order valence-corrected chi connectivity index (χ0v) is 13.9. The van der Waals surface area contributed by atoms with E-state index in [-0.39, 0.29) is 6.04 Å². The van der Waals surface area contributed by atoms with Gasteiger partial charge < -0.3 is 10.5 Å². The fourth-order valence-corrected chi connectivity index (χ4v) is 3.30. The molecule has 0 bridgehead atoms. The highest BCUT2D eigenvalue weighted by atomic mass is 35.5. The van der Waals surface area contributed by atoms with E-state index in [0.29, 0.717) is 0 Å². The fourth-order valence-electron chi connectivity index (χ4n) is 2.01. The highest BCUT2D eigenvalue weighted by molar-refractivity contribution is 7.99. The van der Waals surface area contributed by atoms with Gasteiger partial charge in [0.1, 0.15) is 5.75 Å². The van der Waals surface area contributed by atoms with Gasteiger partial charge >= 0.3 is 0 Å². The second-order valence-electron chi connectivity index (χ2n) is 4.88. The Morgan fingerprint density at radius 3 is 2.67 bits per heavy atom. The van der Waals surface area contributed by atoms with Gasteiger partial charge in [-0.1, -0.05) is 48.5 Å². The molecule has 112 valence electrons. The van der Waals surface area contributed by atoms with Gasteiger partial charge in [0.2, 0.25) is 0 Å². The van der Waals surface area contributed by atoms with Gasteiger partial charge in [-0.25, -0.2) is 0 Å². The molecule has 0 radical (unpaired) electrons. The topological polar surface area (TPSA) is 35.2 Å². The van der Waals surface area contributed by atoms with Crippen molar-refractivity contribution in [3.8, 4) is 5.75 Å². The van der Waals surface area contributed by atoms with Gasteiger partial charge in [0, 0.05) is 16.0 Å². The summed E-state index contributed by atoms with van der Waals surface area (Å²) in [5.74, 6) is 0.871. The average Bonchev–Trinajstić information content (AvgIpc) is 2.50. The van der Waals surface area contributed by atoms with E-state index in [1.165, 1.54) is 0 Å². The Kier molecular flexibility index (Phi) is 5.97. The maximum Gasteiger partial charge on any atom is 0.132 e. The summed E-state index contributed by atoms with van der Waals surface area (Å²) >= 11 is 8.02. The molecule has 2 N–H and O–H groups in total. The zero-order valence-electron chi connectivity index (χ0n) is 12.3. The van der Waals surface area contributed by atoms with Crippen LogP contribution in [0.2, 0.25) is 5.02 Å². The van der Waals surface area contributed by atoms with Crippen molar-refractivity contribution < 1.29 is 4.74 Å². The fraction of sp³-hybridized carbons (Fsp3) is 0.294. The monoisotopic (exact) mass is 321 g/mol. The van der Waals surface area contributed by atoms with Crippen LogP contribution in [0.25, 0.3) is 0 Å². The first-order valence-corrected chi connectivity index (χ1v) is 8.18. The Morgan fingerprint density at radius 1 is 1.24 bits per heavy atom. The van der Waals surface area contributed by atoms with Gasteiger partial charge in [0.15, 0.2) is 0 Å². The van der Waals surface area contributed by atoms with Gasteiger partial charge in [-0.3, -0.25) is 0 Å². The summed E-state index contributed by atoms with van der Waals surface area (Å²) in [6.07, 6.45) is 1.77. The molecule has 0 aliphatic rings. The molecule has 2 rings (SSSR count). The van der Waals surface area contributed by atoms with E-state index in [4.69, 9.17) is 22.1 Å². The van der Waals surface area contributed by atoms with Crippen LogP contribution in [0.4, 0.5) is 0 Å². The average molecular weight is 322 g/mol. The lowest BCUT2D eigenvalue weighted by Crippen LogP contribution is -2.21. The normalized spacial score (nSPS) is 12.2. The van der Waals surface area contributed by atoms with Gasteiger partial charge in [0.05, 0.1) is 12.0 Å². The number of nitrogens with two attached hydrogens (primary N) is 1. The molecule has 2 aromatic carbocycles. The molecule has 0 fully saturated rings. The van der Waals surface area contributed by atoms with Crippen molar-refractivity contribution in [2.75, 3.05) is 7.11 Å². The highest BCUT2D eigenvalue weighted by Crippen LogP contribution is 2.36. The molecular formula is C17H20ClNOS. The molecule has 0 heterocycles. The van der Waals surface area contributed by atoms with Crippen molar-refractivity contribution in [1.29, 1.82) is 0 Å². The van der Waals surface area contributed by atoms with E-state index < -0.39 is 0 Å². The Hall–Kier alpha value is -1.16. The number of para-hydroxylation sites is 1. The maximum atomic E-state index is 6.37. The van der Waals surface area contributed by atoms with Crippen molar-refractivity contribution in [1.82, 2.24) is 0 Å². The molecule has 0 aromatic heterocycles. The largest absolute Gasteiger partial charge is 0.496 e. The van der Waals surface area contributed by atoms with Crippen molar-refractivity contribution in [2.24, 2.45) is 5.73 Å². The molecule has 21 heavy (non-hydrogen) atoms. The molecular weight excluding hydrogens is 302 g/mol. The Morgan fingerprint density at radius 2 is 2.00 bits per heavy atom. The van der Waals surface area contributed by atoms with E-state index in [1.807, 2.05) is 30.3 Å². The summed E-state index contributed by atoms with van der Waals surface area (Å²) in [6.45, 7) is 2.09. The lowest BCUT2D eigenvalue weighted by atomic mass is 10.1. The standard InChI is InChI=1S/C17H20ClNOS/c1-3-13(19)10-12-8-9-14(11-15(12)18)21-17-7-5-4-6-16(17)20-2/h4-9,11,13H,3,10,19H2,1-2H3. The van der Waals surface area contributed by atoms with Gasteiger partial charge in [-0.2, -0.15) is 0 Å². The van der Waals surface area contributed by atoms with E-state index >= 15 is 0 Å². The molecule has 0 amide bonds. The number of ether oxygens (including phenoxy) is 1. The lowest BCUT2D eigenvalue weighted by molar-refractivity contribution is 0.405. The molecule has 0 aliphatic heterocycles. The molecule has 2 nitrogen and oxygen atoms in total. The second-order valence-corrected chi connectivity index (χ2v) is 6.40. The predicted molar refractivity (Wildman–Crippen MR) is 90.5 cm³/mol. The molecule has 0 spiro atoms. The number of halogens is 1. The minimum absolute atomic E-state index is 0.162. The van der Waals surface area contributed by atoms with Crippen LogP contribution in [0, 0.1) is 0 Å². The third kappa shape index (κ3) is 4.40. The molecule has 1 unspecified atom stereocenters. The highest BCUT2D eigenvalue weighted by Gasteiger charge is 2.09. The number of rotatable bonds is 6. The number of benzene rings is 2. The molecule has 2 aromatic rings. The summed E-state index contributed by atoms with van der Waals surface area (Å²) in [7, 11) is 1.68. The van der Waals surface area contributed by atoms with Crippen molar-refractivity contribution in [3.63, 3.8) is 0 Å². The predicted octanol–water partition coefficient (Wildman–Crippen LogP) is 4.78. The Balaban J connectivity index is 2.16. The van der Waals surface area contributed by atoms with E-state index in [2.05, 4.69) is 19.1 Å². The second kappa shape index (κ2) is 7.74. The summed E-state index contributed by atoms with van der Waals surface area (Å²) in [5.41, 5.74) is 7.10. The quantitative estimate of drug-likeness (QED) is 0.831. The SMILES string of the molecule is CCC(N)Cc1ccc(Sc2ccccc2OC)cc1Cl. The lowest BCUT2D eigenvalue weighted by Gasteiger charge is -2.12. The molecule has 4 heteroatoms. The number of methoxy groups -OCH3 is 1. The van der Waals surface area contributed by atoms with Crippen LogP contribution in [0.1, 0.15) is 18.9 Å². The van der Waals surface area contributed by atoms with E-state index in [0.717, 1.165) is 39.0 Å². The Labute approximate surface area is 135 Å². The molecule has 0 saturated heterocycles. The van der Waals surface area contributed by atoms with Crippen LogP contribution in [-0.4, -0.2) is 13.2 Å². The number of hydrogen-bond donors (Lipinski definition) is 1. The third-order valence-electron chi connectivity index (χ3n) is 3.33. The van der Waals surface area contributed by atoms with Crippen molar-refractivity contribution in [3.05, 3.63) is 53.1 Å². The first-order chi connectivity index (χ1) is 10.1. The third-order valence-corrected chi connectivity index (χ3v) is 4.73. The zero-order chi connectivity index (χ0) is 15.2. The van der Waals surface area contributed by atoms with Crippen LogP contribution < -0.4 is 10.5 Å². The summed E-state index contributed by atoms with van der Waals surface area (Å²) in [4.78, 5) is 2.17. The number of hydrogen-bond acceptors (Lipinski definition) is 3. The first-order valence-electron chi connectivity index (χ1n) is 6.99. The molecule has 1 atom stereocenters. The summed E-state index contributed by atoms with van der Waals surface area (Å²) in [5, 5.41) is 0.777. The Bertz CT molecular complexity index is 603. The first kappa shape index (κ1) is 16.2.